The van der Waals surface area contributed by atoms with Crippen molar-refractivity contribution in [1.29, 1.82) is 0 Å². The number of halogens is 2. The molecule has 0 spiro atoms. The van der Waals surface area contributed by atoms with Crippen LogP contribution >= 0.6 is 38.5 Å². The third kappa shape index (κ3) is 2.98. The number of hydrogen-bond donors (Lipinski definition) is 2. The van der Waals surface area contributed by atoms with E-state index >= 15 is 0 Å². The molecule has 2 aromatic carbocycles. The highest BCUT2D eigenvalue weighted by molar-refractivity contribution is 14.1. The van der Waals surface area contributed by atoms with Gasteiger partial charge in [0, 0.05) is 13.7 Å². The number of anilines is 3. The smallest absolute Gasteiger partial charge is 0.0618 e. The number of aryl methyl sites for hydroxylation is 2. The zero-order valence-corrected chi connectivity index (χ0v) is 14.0. The molecule has 0 aliphatic carbocycles. The Morgan fingerprint density at radius 1 is 1.11 bits per heavy atom. The van der Waals surface area contributed by atoms with E-state index in [1.807, 2.05) is 18.2 Å². The van der Waals surface area contributed by atoms with E-state index in [9.17, 15) is 0 Å². The van der Waals surface area contributed by atoms with Crippen LogP contribution in [0.1, 0.15) is 11.1 Å². The standard InChI is InChI=1S/C14H14BrIN2/c1-8-5-11(6-9(2)14(8)15)18-13-4-3-10(16)7-12(13)17/h3-7,18H,17H2,1-2H3. The van der Waals surface area contributed by atoms with Crippen LogP contribution in [-0.4, -0.2) is 0 Å². The number of rotatable bonds is 2. The molecule has 3 N–H and O–H groups in total. The molecule has 0 atom stereocenters. The van der Waals surface area contributed by atoms with Crippen LogP contribution in [0.25, 0.3) is 0 Å². The molecule has 94 valence electrons. The maximum atomic E-state index is 6.00. The lowest BCUT2D eigenvalue weighted by atomic mass is 10.1. The van der Waals surface area contributed by atoms with Crippen molar-refractivity contribution in [2.24, 2.45) is 0 Å². The van der Waals surface area contributed by atoms with Gasteiger partial charge in [-0.05, 0) is 77.9 Å². The summed E-state index contributed by atoms with van der Waals surface area (Å²) in [4.78, 5) is 0. The molecule has 4 heteroatoms. The SMILES string of the molecule is Cc1cc(Nc2ccc(I)cc2N)cc(C)c1Br. The van der Waals surface area contributed by atoms with Gasteiger partial charge in [-0.3, -0.25) is 0 Å². The van der Waals surface area contributed by atoms with Crippen molar-refractivity contribution in [2.75, 3.05) is 11.1 Å². The minimum atomic E-state index is 0.764. The Morgan fingerprint density at radius 2 is 1.72 bits per heavy atom. The van der Waals surface area contributed by atoms with E-state index in [4.69, 9.17) is 5.73 Å². The zero-order chi connectivity index (χ0) is 13.3. The molecule has 0 amide bonds. The molecule has 0 unspecified atom stereocenters. The number of benzene rings is 2. The first-order chi connectivity index (χ1) is 8.47. The normalized spacial score (nSPS) is 10.4. The fraction of sp³-hybridized carbons (Fsp3) is 0.143. The van der Waals surface area contributed by atoms with Gasteiger partial charge in [0.25, 0.3) is 0 Å². The topological polar surface area (TPSA) is 38.0 Å². The molecule has 2 nitrogen and oxygen atoms in total. The monoisotopic (exact) mass is 416 g/mol. The van der Waals surface area contributed by atoms with Gasteiger partial charge in [0.05, 0.1) is 11.4 Å². The van der Waals surface area contributed by atoms with Crippen molar-refractivity contribution >= 4 is 55.6 Å². The highest BCUT2D eigenvalue weighted by Gasteiger charge is 2.04. The maximum absolute atomic E-state index is 6.00. The van der Waals surface area contributed by atoms with Gasteiger partial charge in [-0.25, -0.2) is 0 Å². The summed E-state index contributed by atoms with van der Waals surface area (Å²) in [6.45, 7) is 4.17. The molecular formula is C14H14BrIN2. The fourth-order valence-electron chi connectivity index (χ4n) is 1.82. The number of nitrogens with one attached hydrogen (secondary N) is 1. The molecule has 18 heavy (non-hydrogen) atoms. The van der Waals surface area contributed by atoms with E-state index in [1.54, 1.807) is 0 Å². The van der Waals surface area contributed by atoms with Gasteiger partial charge in [0.2, 0.25) is 0 Å². The zero-order valence-electron chi connectivity index (χ0n) is 10.2. The molecule has 0 saturated heterocycles. The third-order valence-electron chi connectivity index (χ3n) is 2.73. The Bertz CT molecular complexity index is 573. The first-order valence-electron chi connectivity index (χ1n) is 5.56. The van der Waals surface area contributed by atoms with E-state index in [2.05, 4.69) is 69.8 Å². The van der Waals surface area contributed by atoms with Gasteiger partial charge >= 0.3 is 0 Å². The molecule has 0 fully saturated rings. The summed E-state index contributed by atoms with van der Waals surface area (Å²) in [6.07, 6.45) is 0. The minimum Gasteiger partial charge on any atom is -0.397 e. The Balaban J connectivity index is 2.34. The van der Waals surface area contributed by atoms with Gasteiger partial charge in [-0.1, -0.05) is 15.9 Å². The van der Waals surface area contributed by atoms with E-state index in [1.165, 1.54) is 11.1 Å². The fourth-order valence-corrected chi connectivity index (χ4v) is 2.57. The van der Waals surface area contributed by atoms with E-state index in [-0.39, 0.29) is 0 Å². The first-order valence-corrected chi connectivity index (χ1v) is 7.43. The Labute approximate surface area is 129 Å². The second kappa shape index (κ2) is 5.48. The van der Waals surface area contributed by atoms with E-state index < -0.39 is 0 Å². The summed E-state index contributed by atoms with van der Waals surface area (Å²) in [5.41, 5.74) is 11.2. The van der Waals surface area contributed by atoms with Crippen LogP contribution in [-0.2, 0) is 0 Å². The summed E-state index contributed by atoms with van der Waals surface area (Å²) in [7, 11) is 0. The molecule has 0 radical (unpaired) electrons. The summed E-state index contributed by atoms with van der Waals surface area (Å²) < 4.78 is 2.29. The Kier molecular flexibility index (Phi) is 4.17. The summed E-state index contributed by atoms with van der Waals surface area (Å²) in [5, 5.41) is 3.36. The van der Waals surface area contributed by atoms with Crippen molar-refractivity contribution in [2.45, 2.75) is 13.8 Å². The van der Waals surface area contributed by atoms with Crippen molar-refractivity contribution in [3.05, 3.63) is 49.5 Å². The Morgan fingerprint density at radius 3 is 2.28 bits per heavy atom. The summed E-state index contributed by atoms with van der Waals surface area (Å²) >= 11 is 5.82. The van der Waals surface area contributed by atoms with E-state index in [0.717, 1.165) is 25.1 Å². The largest absolute Gasteiger partial charge is 0.397 e. The van der Waals surface area contributed by atoms with Crippen molar-refractivity contribution in [1.82, 2.24) is 0 Å². The molecular weight excluding hydrogens is 403 g/mol. The predicted molar refractivity (Wildman–Crippen MR) is 90.5 cm³/mol. The molecule has 2 rings (SSSR count). The summed E-state index contributed by atoms with van der Waals surface area (Å²) in [5.74, 6) is 0. The maximum Gasteiger partial charge on any atom is 0.0618 e. The molecule has 0 aliphatic heterocycles. The lowest BCUT2D eigenvalue weighted by Gasteiger charge is -2.12. The average molecular weight is 417 g/mol. The lowest BCUT2D eigenvalue weighted by Crippen LogP contribution is -1.97. The van der Waals surface area contributed by atoms with Gasteiger partial charge in [-0.15, -0.1) is 0 Å². The van der Waals surface area contributed by atoms with E-state index in [0.29, 0.717) is 0 Å². The average Bonchev–Trinajstić information content (AvgIpc) is 2.29. The van der Waals surface area contributed by atoms with Gasteiger partial charge in [0.15, 0.2) is 0 Å². The van der Waals surface area contributed by atoms with Crippen LogP contribution in [0.2, 0.25) is 0 Å². The molecule has 2 aromatic rings. The van der Waals surface area contributed by atoms with Crippen molar-refractivity contribution in [3.63, 3.8) is 0 Å². The quantitative estimate of drug-likeness (QED) is 0.534. The van der Waals surface area contributed by atoms with Crippen LogP contribution in [0.4, 0.5) is 17.1 Å². The number of nitrogens with two attached hydrogens (primary N) is 1. The van der Waals surface area contributed by atoms with Gasteiger partial charge < -0.3 is 11.1 Å². The second-order valence-electron chi connectivity index (χ2n) is 4.28. The Hall–Kier alpha value is -0.750. The first kappa shape index (κ1) is 13.7. The van der Waals surface area contributed by atoms with Gasteiger partial charge in [-0.2, -0.15) is 0 Å². The second-order valence-corrected chi connectivity index (χ2v) is 6.32. The molecule has 0 aliphatic rings. The number of nitrogen functional groups attached to an aromatic ring is 1. The third-order valence-corrected chi connectivity index (χ3v) is 4.65. The van der Waals surface area contributed by atoms with Crippen molar-refractivity contribution < 1.29 is 0 Å². The van der Waals surface area contributed by atoms with Crippen LogP contribution in [0.15, 0.2) is 34.8 Å². The van der Waals surface area contributed by atoms with Gasteiger partial charge in [0.1, 0.15) is 0 Å². The molecule has 0 saturated carbocycles. The highest BCUT2D eigenvalue weighted by Crippen LogP contribution is 2.29. The highest BCUT2D eigenvalue weighted by atomic mass is 127. The predicted octanol–water partition coefficient (Wildman–Crippen LogP) is 5.00. The summed E-state index contributed by atoms with van der Waals surface area (Å²) in [6, 6.07) is 10.2. The molecule has 0 aromatic heterocycles. The molecule has 0 bridgehead atoms. The lowest BCUT2D eigenvalue weighted by molar-refractivity contribution is 1.33. The molecule has 0 heterocycles. The van der Waals surface area contributed by atoms with Crippen LogP contribution < -0.4 is 11.1 Å². The van der Waals surface area contributed by atoms with Crippen molar-refractivity contribution in [3.8, 4) is 0 Å². The van der Waals surface area contributed by atoms with Crippen LogP contribution in [0, 0.1) is 17.4 Å². The minimum absolute atomic E-state index is 0.764. The number of hydrogen-bond acceptors (Lipinski definition) is 2. The van der Waals surface area contributed by atoms with Crippen LogP contribution in [0.5, 0.6) is 0 Å². The van der Waals surface area contributed by atoms with Crippen LogP contribution in [0.3, 0.4) is 0 Å².